The first-order chi connectivity index (χ1) is 21.7. The van der Waals surface area contributed by atoms with E-state index in [2.05, 4.69) is 9.97 Å². The first kappa shape index (κ1) is 30.7. The predicted molar refractivity (Wildman–Crippen MR) is 155 cm³/mol. The summed E-state index contributed by atoms with van der Waals surface area (Å²) in [5.74, 6) is -5.94. The molecule has 2 aromatic carbocycles. The normalized spacial score (nSPS) is 23.0. The van der Waals surface area contributed by atoms with Crippen molar-refractivity contribution in [1.82, 2.24) is 14.9 Å². The fourth-order valence-corrected chi connectivity index (χ4v) is 8.01. The van der Waals surface area contributed by atoms with Gasteiger partial charge in [-0.2, -0.15) is 28.4 Å². The van der Waals surface area contributed by atoms with Gasteiger partial charge in [-0.25, -0.2) is 22.0 Å². The molecule has 7 nitrogen and oxygen atoms in total. The van der Waals surface area contributed by atoms with Crippen molar-refractivity contribution in [3.8, 4) is 23.2 Å². The van der Waals surface area contributed by atoms with E-state index in [1.165, 1.54) is 0 Å². The van der Waals surface area contributed by atoms with Gasteiger partial charge in [-0.1, -0.05) is 6.07 Å². The van der Waals surface area contributed by atoms with Gasteiger partial charge in [0.05, 0.1) is 27.9 Å². The summed E-state index contributed by atoms with van der Waals surface area (Å²) in [5, 5.41) is 8.74. The summed E-state index contributed by atoms with van der Waals surface area (Å²) in [4.78, 5) is 11.3. The van der Waals surface area contributed by atoms with Crippen LogP contribution in [-0.2, 0) is 6.18 Å². The Labute approximate surface area is 260 Å². The third-order valence-electron chi connectivity index (χ3n) is 9.10. The Hall–Kier alpha value is -3.97. The molecule has 0 bridgehead atoms. The largest absolute Gasteiger partial charge is 0.461 e. The Bertz CT molecular complexity index is 1940. The van der Waals surface area contributed by atoms with Crippen LogP contribution in [0.25, 0.3) is 32.1 Å². The van der Waals surface area contributed by atoms with Gasteiger partial charge in [0.2, 0.25) is 0 Å². The van der Waals surface area contributed by atoms with E-state index in [-0.39, 0.29) is 52.6 Å². The van der Waals surface area contributed by atoms with E-state index in [1.807, 2.05) is 4.90 Å². The SMILES string of the molecule is N#Cc1c(N)sc2c(F)ccc(-c3c(C(F)(F)F)cc4c(N5CCC(F)(F)C5)nc(OCC56CCCN5CC(F)C6)nc4c3F)c12. The van der Waals surface area contributed by atoms with Crippen molar-refractivity contribution in [3.63, 3.8) is 0 Å². The molecule has 2 N–H and O–H groups in total. The van der Waals surface area contributed by atoms with E-state index in [0.717, 1.165) is 23.5 Å². The quantitative estimate of drug-likeness (QED) is 0.228. The molecule has 242 valence electrons. The Balaban J connectivity index is 1.46. The number of alkyl halides is 6. The topological polar surface area (TPSA) is 91.3 Å². The zero-order valence-electron chi connectivity index (χ0n) is 23.8. The van der Waals surface area contributed by atoms with Crippen molar-refractivity contribution in [2.45, 2.75) is 49.5 Å². The van der Waals surface area contributed by atoms with Crippen molar-refractivity contribution in [1.29, 1.82) is 5.26 Å². The van der Waals surface area contributed by atoms with Crippen LogP contribution in [-0.4, -0.2) is 65.3 Å². The number of anilines is 2. The molecule has 2 unspecified atom stereocenters. The summed E-state index contributed by atoms with van der Waals surface area (Å²) in [6, 6.07) is 3.62. The number of fused-ring (bicyclic) bond motifs is 3. The van der Waals surface area contributed by atoms with Crippen LogP contribution in [0.3, 0.4) is 0 Å². The summed E-state index contributed by atoms with van der Waals surface area (Å²) in [6.45, 7) is -0.440. The molecule has 3 aliphatic heterocycles. The molecule has 7 rings (SSSR count). The molecule has 2 atom stereocenters. The van der Waals surface area contributed by atoms with Gasteiger partial charge in [0, 0.05) is 42.3 Å². The molecule has 4 aromatic rings. The first-order valence-corrected chi connectivity index (χ1v) is 15.2. The molecule has 3 fully saturated rings. The number of thiophene rings is 1. The van der Waals surface area contributed by atoms with Crippen LogP contribution in [0.5, 0.6) is 6.01 Å². The van der Waals surface area contributed by atoms with Crippen LogP contribution in [0.1, 0.15) is 36.8 Å². The summed E-state index contributed by atoms with van der Waals surface area (Å²) < 4.78 is 124. The number of hydrogen-bond acceptors (Lipinski definition) is 8. The number of aromatic nitrogens is 2. The summed E-state index contributed by atoms with van der Waals surface area (Å²) in [6.07, 6.45) is -5.35. The lowest BCUT2D eigenvalue weighted by atomic mass is 9.92. The number of hydrogen-bond donors (Lipinski definition) is 1. The summed E-state index contributed by atoms with van der Waals surface area (Å²) >= 11 is 0.631. The fourth-order valence-electron chi connectivity index (χ4n) is 7.06. The summed E-state index contributed by atoms with van der Waals surface area (Å²) in [5.41, 5.74) is 1.21. The van der Waals surface area contributed by atoms with Crippen LogP contribution >= 0.6 is 11.3 Å². The number of halogens is 8. The molecule has 0 amide bonds. The average molecular weight is 669 g/mol. The van der Waals surface area contributed by atoms with Gasteiger partial charge in [-0.05, 0) is 37.1 Å². The Kier molecular flexibility index (Phi) is 7.02. The molecule has 5 heterocycles. The maximum Gasteiger partial charge on any atom is 0.417 e. The highest BCUT2D eigenvalue weighted by Crippen LogP contribution is 2.48. The van der Waals surface area contributed by atoms with Gasteiger partial charge in [-0.15, -0.1) is 11.3 Å². The minimum Gasteiger partial charge on any atom is -0.461 e. The van der Waals surface area contributed by atoms with E-state index in [1.54, 1.807) is 6.07 Å². The molecular formula is C30H24F8N6OS. The molecule has 16 heteroatoms. The van der Waals surface area contributed by atoms with Crippen LogP contribution in [0, 0.1) is 23.0 Å². The minimum absolute atomic E-state index is 0.109. The standard InChI is InChI=1S/C30H24F8N6OS/c31-14-9-28(4-1-6-44(28)11-14)13-45-27-41-23-16(26(42-27)43-7-5-29(34,35)12-43)8-18(30(36,37)38)21(22(23)33)15-2-3-19(32)24-20(15)17(10-39)25(40)46-24/h2-3,8,14H,1,4-7,9,11-13,40H2. The Morgan fingerprint density at radius 2 is 1.93 bits per heavy atom. The minimum atomic E-state index is -5.20. The fraction of sp³-hybridized carbons (Fsp3) is 0.433. The van der Waals surface area contributed by atoms with Crippen LogP contribution in [0.2, 0.25) is 0 Å². The molecule has 2 aromatic heterocycles. The number of nitriles is 1. The van der Waals surface area contributed by atoms with Crippen molar-refractivity contribution in [2.75, 3.05) is 43.4 Å². The smallest absolute Gasteiger partial charge is 0.417 e. The molecule has 0 aliphatic carbocycles. The van der Waals surface area contributed by atoms with Gasteiger partial charge >= 0.3 is 12.2 Å². The number of nitrogens with zero attached hydrogens (tertiary/aromatic N) is 5. The zero-order valence-corrected chi connectivity index (χ0v) is 24.6. The lowest BCUT2D eigenvalue weighted by Crippen LogP contribution is -2.43. The lowest BCUT2D eigenvalue weighted by Gasteiger charge is -2.31. The third kappa shape index (κ3) is 4.86. The second-order valence-electron chi connectivity index (χ2n) is 12.0. The van der Waals surface area contributed by atoms with E-state index < -0.39 is 82.0 Å². The van der Waals surface area contributed by atoms with Gasteiger partial charge in [0.1, 0.15) is 41.0 Å². The second kappa shape index (κ2) is 10.5. The number of rotatable bonds is 5. The van der Waals surface area contributed by atoms with Gasteiger partial charge < -0.3 is 15.4 Å². The second-order valence-corrected chi connectivity index (χ2v) is 13.0. The Morgan fingerprint density at radius 1 is 1.15 bits per heavy atom. The molecule has 0 saturated carbocycles. The van der Waals surface area contributed by atoms with E-state index in [9.17, 15) is 36.0 Å². The average Bonchev–Trinajstić information content (AvgIpc) is 3.72. The van der Waals surface area contributed by atoms with E-state index >= 15 is 4.39 Å². The highest BCUT2D eigenvalue weighted by atomic mass is 32.1. The van der Waals surface area contributed by atoms with E-state index in [0.29, 0.717) is 30.4 Å². The molecule has 0 radical (unpaired) electrons. The number of nitrogens with two attached hydrogens (primary N) is 1. The van der Waals surface area contributed by atoms with Crippen molar-refractivity contribution in [3.05, 3.63) is 41.0 Å². The van der Waals surface area contributed by atoms with Crippen molar-refractivity contribution >= 4 is 43.1 Å². The maximum absolute atomic E-state index is 16.7. The van der Waals surface area contributed by atoms with Crippen molar-refractivity contribution < 1.29 is 39.9 Å². The number of ether oxygens (including phenoxy) is 1. The van der Waals surface area contributed by atoms with E-state index in [4.69, 9.17) is 10.5 Å². The summed E-state index contributed by atoms with van der Waals surface area (Å²) in [7, 11) is 0. The van der Waals surface area contributed by atoms with Crippen LogP contribution < -0.4 is 15.4 Å². The lowest BCUT2D eigenvalue weighted by molar-refractivity contribution is -0.137. The number of benzene rings is 2. The molecular weight excluding hydrogens is 644 g/mol. The Morgan fingerprint density at radius 3 is 2.63 bits per heavy atom. The van der Waals surface area contributed by atoms with Crippen LogP contribution in [0.15, 0.2) is 18.2 Å². The van der Waals surface area contributed by atoms with Gasteiger partial charge in [0.15, 0.2) is 5.82 Å². The molecule has 3 aliphatic rings. The monoisotopic (exact) mass is 668 g/mol. The predicted octanol–water partition coefficient (Wildman–Crippen LogP) is 7.06. The highest BCUT2D eigenvalue weighted by molar-refractivity contribution is 7.23. The van der Waals surface area contributed by atoms with Crippen LogP contribution in [0.4, 0.5) is 45.9 Å². The van der Waals surface area contributed by atoms with Crippen molar-refractivity contribution in [2.24, 2.45) is 0 Å². The molecule has 46 heavy (non-hydrogen) atoms. The van der Waals surface area contributed by atoms with Gasteiger partial charge in [-0.3, -0.25) is 4.90 Å². The van der Waals surface area contributed by atoms with Gasteiger partial charge in [0.25, 0.3) is 5.92 Å². The third-order valence-corrected chi connectivity index (χ3v) is 10.1. The first-order valence-electron chi connectivity index (χ1n) is 14.4. The molecule has 3 saturated heterocycles. The highest BCUT2D eigenvalue weighted by Gasteiger charge is 2.49. The molecule has 0 spiro atoms. The number of nitrogen functional groups attached to an aromatic ring is 1. The maximum atomic E-state index is 16.7. The zero-order chi connectivity index (χ0) is 32.8.